The van der Waals surface area contributed by atoms with Gasteiger partial charge in [0.15, 0.2) is 0 Å². The standard InChI is InChI=1S/C17H18O3S/c1-12-8-9-15(13(2)10-12)19-11-14-6-4-5-7-16(14)20-17(18)21-3/h4-10H,11H2,1-3H3. The van der Waals surface area contributed by atoms with Crippen molar-refractivity contribution >= 4 is 17.1 Å². The SMILES string of the molecule is CSC(=O)Oc1ccccc1COc1ccc(C)cc1C. The summed E-state index contributed by atoms with van der Waals surface area (Å²) < 4.78 is 11.1. The molecule has 0 atom stereocenters. The van der Waals surface area contributed by atoms with Gasteiger partial charge < -0.3 is 9.47 Å². The fourth-order valence-corrected chi connectivity index (χ4v) is 2.14. The number of ether oxygens (including phenoxy) is 2. The highest BCUT2D eigenvalue weighted by molar-refractivity contribution is 8.12. The maximum atomic E-state index is 11.4. The number of carbonyl (C=O) groups excluding carboxylic acids is 1. The summed E-state index contributed by atoms with van der Waals surface area (Å²) in [5.41, 5.74) is 3.14. The Labute approximate surface area is 129 Å². The molecule has 0 fully saturated rings. The zero-order chi connectivity index (χ0) is 15.2. The molecule has 0 spiro atoms. The number of benzene rings is 2. The lowest BCUT2D eigenvalue weighted by Gasteiger charge is -2.12. The molecule has 0 radical (unpaired) electrons. The van der Waals surface area contributed by atoms with E-state index in [2.05, 4.69) is 6.07 Å². The van der Waals surface area contributed by atoms with E-state index in [1.807, 2.05) is 44.2 Å². The molecule has 0 heterocycles. The van der Waals surface area contributed by atoms with Crippen LogP contribution in [-0.4, -0.2) is 11.6 Å². The van der Waals surface area contributed by atoms with Gasteiger partial charge in [-0.3, -0.25) is 0 Å². The van der Waals surface area contributed by atoms with E-state index >= 15 is 0 Å². The first-order valence-corrected chi connectivity index (χ1v) is 7.86. The number of carbonyl (C=O) groups is 1. The summed E-state index contributed by atoms with van der Waals surface area (Å²) in [6, 6.07) is 13.5. The summed E-state index contributed by atoms with van der Waals surface area (Å²) in [7, 11) is 0. The molecule has 2 aromatic rings. The molecular formula is C17H18O3S. The number of rotatable bonds is 4. The fourth-order valence-electron chi connectivity index (χ4n) is 1.97. The lowest BCUT2D eigenvalue weighted by molar-refractivity contribution is 0.225. The minimum atomic E-state index is -0.325. The second kappa shape index (κ2) is 7.18. The van der Waals surface area contributed by atoms with Gasteiger partial charge in [-0.1, -0.05) is 35.9 Å². The van der Waals surface area contributed by atoms with Gasteiger partial charge in [0.05, 0.1) is 0 Å². The number of hydrogen-bond acceptors (Lipinski definition) is 4. The average molecular weight is 302 g/mol. The van der Waals surface area contributed by atoms with Crippen molar-refractivity contribution in [2.75, 3.05) is 6.26 Å². The van der Waals surface area contributed by atoms with Crippen molar-refractivity contribution in [1.82, 2.24) is 0 Å². The number of aryl methyl sites for hydroxylation is 2. The van der Waals surface area contributed by atoms with Gasteiger partial charge in [0.1, 0.15) is 18.1 Å². The van der Waals surface area contributed by atoms with Crippen LogP contribution in [0.2, 0.25) is 0 Å². The van der Waals surface area contributed by atoms with Crippen LogP contribution in [0, 0.1) is 13.8 Å². The van der Waals surface area contributed by atoms with Gasteiger partial charge in [-0.15, -0.1) is 0 Å². The molecule has 0 aromatic heterocycles. The Balaban J connectivity index is 2.11. The topological polar surface area (TPSA) is 35.5 Å². The summed E-state index contributed by atoms with van der Waals surface area (Å²) in [6.07, 6.45) is 1.69. The van der Waals surface area contributed by atoms with E-state index in [1.54, 1.807) is 12.3 Å². The van der Waals surface area contributed by atoms with E-state index in [0.717, 1.165) is 28.6 Å². The first-order valence-electron chi connectivity index (χ1n) is 6.64. The zero-order valence-corrected chi connectivity index (χ0v) is 13.2. The van der Waals surface area contributed by atoms with E-state index in [-0.39, 0.29) is 5.30 Å². The van der Waals surface area contributed by atoms with E-state index in [1.165, 1.54) is 5.56 Å². The van der Waals surface area contributed by atoms with Crippen molar-refractivity contribution in [2.45, 2.75) is 20.5 Å². The Morgan fingerprint density at radius 3 is 2.57 bits per heavy atom. The molecule has 0 amide bonds. The second-order valence-corrected chi connectivity index (χ2v) is 5.46. The lowest BCUT2D eigenvalue weighted by atomic mass is 10.1. The second-order valence-electron chi connectivity index (χ2n) is 4.72. The normalized spacial score (nSPS) is 10.2. The molecule has 0 saturated carbocycles. The lowest BCUT2D eigenvalue weighted by Crippen LogP contribution is -2.04. The summed E-state index contributed by atoms with van der Waals surface area (Å²) in [5.74, 6) is 1.38. The Hall–Kier alpha value is -1.94. The van der Waals surface area contributed by atoms with Crippen molar-refractivity contribution in [3.8, 4) is 11.5 Å². The van der Waals surface area contributed by atoms with E-state index in [0.29, 0.717) is 12.4 Å². The van der Waals surface area contributed by atoms with Crippen molar-refractivity contribution in [1.29, 1.82) is 0 Å². The molecule has 2 rings (SSSR count). The smallest absolute Gasteiger partial charge is 0.372 e. The quantitative estimate of drug-likeness (QED) is 0.764. The van der Waals surface area contributed by atoms with Crippen LogP contribution in [0.3, 0.4) is 0 Å². The first kappa shape index (κ1) is 15.4. The third-order valence-electron chi connectivity index (χ3n) is 3.05. The Bertz CT molecular complexity index is 638. The Morgan fingerprint density at radius 1 is 1.10 bits per heavy atom. The summed E-state index contributed by atoms with van der Waals surface area (Å²) in [6.45, 7) is 4.43. The van der Waals surface area contributed by atoms with Gasteiger partial charge in [0.2, 0.25) is 0 Å². The highest BCUT2D eigenvalue weighted by Crippen LogP contribution is 2.24. The van der Waals surface area contributed by atoms with E-state index in [4.69, 9.17) is 9.47 Å². The van der Waals surface area contributed by atoms with Crippen molar-refractivity contribution < 1.29 is 14.3 Å². The van der Waals surface area contributed by atoms with Crippen LogP contribution in [0.25, 0.3) is 0 Å². The third kappa shape index (κ3) is 4.26. The summed E-state index contributed by atoms with van der Waals surface area (Å²) in [4.78, 5) is 11.4. The zero-order valence-electron chi connectivity index (χ0n) is 12.4. The molecule has 0 N–H and O–H groups in total. The van der Waals surface area contributed by atoms with Crippen LogP contribution in [0.4, 0.5) is 4.79 Å². The summed E-state index contributed by atoms with van der Waals surface area (Å²) in [5, 5.41) is -0.325. The van der Waals surface area contributed by atoms with E-state index < -0.39 is 0 Å². The van der Waals surface area contributed by atoms with Gasteiger partial charge in [-0.2, -0.15) is 0 Å². The molecular weight excluding hydrogens is 284 g/mol. The van der Waals surface area contributed by atoms with Gasteiger partial charge in [-0.25, -0.2) is 4.79 Å². The molecule has 0 aliphatic rings. The Kier molecular flexibility index (Phi) is 5.28. The summed E-state index contributed by atoms with van der Waals surface area (Å²) >= 11 is 1.04. The molecule has 0 saturated heterocycles. The molecule has 21 heavy (non-hydrogen) atoms. The van der Waals surface area contributed by atoms with Gasteiger partial charge in [0.25, 0.3) is 0 Å². The Morgan fingerprint density at radius 2 is 1.86 bits per heavy atom. The monoisotopic (exact) mass is 302 g/mol. The minimum Gasteiger partial charge on any atom is -0.488 e. The predicted molar refractivity (Wildman–Crippen MR) is 86.2 cm³/mol. The van der Waals surface area contributed by atoms with Crippen LogP contribution >= 0.6 is 11.8 Å². The molecule has 3 nitrogen and oxygen atoms in total. The molecule has 0 aliphatic carbocycles. The average Bonchev–Trinajstić information content (AvgIpc) is 2.47. The molecule has 0 bridgehead atoms. The largest absolute Gasteiger partial charge is 0.488 e. The van der Waals surface area contributed by atoms with E-state index in [9.17, 15) is 4.79 Å². The van der Waals surface area contributed by atoms with Gasteiger partial charge in [-0.05, 0) is 49.6 Å². The third-order valence-corrected chi connectivity index (χ3v) is 3.46. The molecule has 4 heteroatoms. The maximum absolute atomic E-state index is 11.4. The van der Waals surface area contributed by atoms with Crippen LogP contribution in [0.5, 0.6) is 11.5 Å². The predicted octanol–water partition coefficient (Wildman–Crippen LogP) is 4.74. The molecule has 0 unspecified atom stereocenters. The molecule has 110 valence electrons. The fraction of sp³-hybridized carbons (Fsp3) is 0.235. The van der Waals surface area contributed by atoms with Crippen LogP contribution < -0.4 is 9.47 Å². The number of thioether (sulfide) groups is 1. The van der Waals surface area contributed by atoms with Crippen molar-refractivity contribution in [3.05, 3.63) is 59.2 Å². The van der Waals surface area contributed by atoms with Crippen molar-refractivity contribution in [3.63, 3.8) is 0 Å². The van der Waals surface area contributed by atoms with Gasteiger partial charge in [0, 0.05) is 5.56 Å². The highest BCUT2D eigenvalue weighted by atomic mass is 32.2. The van der Waals surface area contributed by atoms with Gasteiger partial charge >= 0.3 is 5.30 Å². The molecule has 2 aromatic carbocycles. The van der Waals surface area contributed by atoms with Crippen LogP contribution in [0.1, 0.15) is 16.7 Å². The van der Waals surface area contributed by atoms with Crippen molar-refractivity contribution in [2.24, 2.45) is 0 Å². The van der Waals surface area contributed by atoms with Crippen LogP contribution in [0.15, 0.2) is 42.5 Å². The number of hydrogen-bond donors (Lipinski definition) is 0. The van der Waals surface area contributed by atoms with Crippen LogP contribution in [-0.2, 0) is 6.61 Å². The highest BCUT2D eigenvalue weighted by Gasteiger charge is 2.09. The first-order chi connectivity index (χ1) is 10.1. The minimum absolute atomic E-state index is 0.325. The maximum Gasteiger partial charge on any atom is 0.372 e. The number of para-hydroxylation sites is 1. The molecule has 0 aliphatic heterocycles.